The van der Waals surface area contributed by atoms with Gasteiger partial charge in [-0.25, -0.2) is 0 Å². The molecule has 3 nitrogen and oxygen atoms in total. The van der Waals surface area contributed by atoms with Crippen LogP contribution >= 0.6 is 0 Å². The second-order valence-electron chi connectivity index (χ2n) is 5.33. The summed E-state index contributed by atoms with van der Waals surface area (Å²) in [6, 6.07) is 0.412. The molecular formula is C12H27N3. The lowest BCUT2D eigenvalue weighted by Crippen LogP contribution is -2.62. The highest BCUT2D eigenvalue weighted by Gasteiger charge is 2.42. The highest BCUT2D eigenvalue weighted by atomic mass is 15.3. The van der Waals surface area contributed by atoms with Crippen molar-refractivity contribution in [2.75, 3.05) is 14.1 Å². The van der Waals surface area contributed by atoms with Crippen LogP contribution in [0.4, 0.5) is 0 Å². The third kappa shape index (κ3) is 2.52. The number of rotatable bonds is 4. The van der Waals surface area contributed by atoms with Crippen LogP contribution in [-0.4, -0.2) is 30.6 Å². The van der Waals surface area contributed by atoms with Gasteiger partial charge in [0.25, 0.3) is 0 Å². The quantitative estimate of drug-likeness (QED) is 0.552. The minimum Gasteiger partial charge on any atom is -0.302 e. The normalized spacial score (nSPS) is 34.4. The van der Waals surface area contributed by atoms with E-state index in [0.717, 1.165) is 12.3 Å². The van der Waals surface area contributed by atoms with Crippen LogP contribution in [0.5, 0.6) is 0 Å². The fraction of sp³-hybridized carbons (Fsp3) is 1.00. The summed E-state index contributed by atoms with van der Waals surface area (Å²) < 4.78 is 0. The first-order valence-electron chi connectivity index (χ1n) is 6.20. The van der Waals surface area contributed by atoms with E-state index in [0.29, 0.717) is 6.04 Å². The van der Waals surface area contributed by atoms with Gasteiger partial charge in [-0.1, -0.05) is 26.7 Å². The Hall–Kier alpha value is -0.120. The third-order valence-electron chi connectivity index (χ3n) is 4.16. The van der Waals surface area contributed by atoms with Crippen molar-refractivity contribution in [2.45, 2.75) is 57.5 Å². The Morgan fingerprint density at radius 3 is 2.60 bits per heavy atom. The summed E-state index contributed by atoms with van der Waals surface area (Å²) in [7, 11) is 4.38. The molecule has 0 bridgehead atoms. The summed E-state index contributed by atoms with van der Waals surface area (Å²) in [4.78, 5) is 2.39. The van der Waals surface area contributed by atoms with Crippen LogP contribution in [0.1, 0.15) is 46.0 Å². The molecular weight excluding hydrogens is 186 g/mol. The number of hydrogen-bond acceptors (Lipinski definition) is 3. The molecule has 0 heterocycles. The lowest BCUT2D eigenvalue weighted by atomic mass is 9.71. The van der Waals surface area contributed by atoms with Crippen molar-refractivity contribution in [3.8, 4) is 0 Å². The van der Waals surface area contributed by atoms with E-state index in [1.807, 2.05) is 0 Å². The predicted molar refractivity (Wildman–Crippen MR) is 65.5 cm³/mol. The Bertz CT molecular complexity index is 189. The summed E-state index contributed by atoms with van der Waals surface area (Å²) in [6.45, 7) is 4.58. The van der Waals surface area contributed by atoms with Crippen LogP contribution in [0.2, 0.25) is 0 Å². The van der Waals surface area contributed by atoms with Crippen molar-refractivity contribution in [3.63, 3.8) is 0 Å². The Morgan fingerprint density at radius 2 is 2.20 bits per heavy atom. The van der Waals surface area contributed by atoms with E-state index < -0.39 is 0 Å². The van der Waals surface area contributed by atoms with Gasteiger partial charge in [-0.05, 0) is 39.3 Å². The number of nitrogens with zero attached hydrogens (tertiary/aromatic N) is 1. The van der Waals surface area contributed by atoms with Gasteiger partial charge in [0, 0.05) is 11.6 Å². The molecule has 0 aromatic heterocycles. The maximum Gasteiger partial charge on any atom is 0.0392 e. The monoisotopic (exact) mass is 213 g/mol. The average molecular weight is 213 g/mol. The van der Waals surface area contributed by atoms with Crippen molar-refractivity contribution < 1.29 is 0 Å². The molecule has 15 heavy (non-hydrogen) atoms. The number of nitrogens with one attached hydrogen (secondary N) is 1. The lowest BCUT2D eigenvalue weighted by molar-refractivity contribution is 0.0359. The number of likely N-dealkylation sites (N-methyl/N-ethyl adjacent to an activating group) is 1. The fourth-order valence-electron chi connectivity index (χ4n) is 3.25. The van der Waals surface area contributed by atoms with E-state index in [2.05, 4.69) is 38.3 Å². The molecule has 3 atom stereocenters. The molecule has 3 N–H and O–H groups in total. The molecule has 0 amide bonds. The van der Waals surface area contributed by atoms with Crippen LogP contribution in [0, 0.1) is 5.92 Å². The first-order chi connectivity index (χ1) is 7.06. The van der Waals surface area contributed by atoms with Gasteiger partial charge in [0.2, 0.25) is 0 Å². The number of nitrogens with two attached hydrogens (primary N) is 1. The average Bonchev–Trinajstić information content (AvgIpc) is 2.19. The Kier molecular flexibility index (Phi) is 4.56. The number of hydrazine groups is 1. The zero-order valence-corrected chi connectivity index (χ0v) is 10.7. The molecule has 3 unspecified atom stereocenters. The topological polar surface area (TPSA) is 41.3 Å². The summed E-state index contributed by atoms with van der Waals surface area (Å²) in [5, 5.41) is 0. The van der Waals surface area contributed by atoms with Gasteiger partial charge >= 0.3 is 0 Å². The predicted octanol–water partition coefficient (Wildman–Crippen LogP) is 1.74. The fourth-order valence-corrected chi connectivity index (χ4v) is 3.25. The molecule has 0 saturated heterocycles. The molecule has 0 aliphatic heterocycles. The summed E-state index contributed by atoms with van der Waals surface area (Å²) in [5.74, 6) is 6.53. The molecule has 90 valence electrons. The number of hydrogen-bond donors (Lipinski definition) is 2. The molecule has 1 fully saturated rings. The molecule has 0 radical (unpaired) electrons. The van der Waals surface area contributed by atoms with E-state index in [4.69, 9.17) is 5.84 Å². The van der Waals surface area contributed by atoms with Gasteiger partial charge in [-0.15, -0.1) is 0 Å². The van der Waals surface area contributed by atoms with E-state index in [9.17, 15) is 0 Å². The summed E-state index contributed by atoms with van der Waals surface area (Å²) in [5.41, 5.74) is 3.29. The zero-order valence-electron chi connectivity index (χ0n) is 10.7. The highest BCUT2D eigenvalue weighted by Crippen LogP contribution is 2.38. The van der Waals surface area contributed by atoms with E-state index in [-0.39, 0.29) is 5.54 Å². The van der Waals surface area contributed by atoms with Crippen molar-refractivity contribution >= 4 is 0 Å². The van der Waals surface area contributed by atoms with Gasteiger partial charge < -0.3 is 4.90 Å². The Labute approximate surface area is 94.4 Å². The molecule has 0 aromatic carbocycles. The van der Waals surface area contributed by atoms with E-state index in [1.54, 1.807) is 0 Å². The van der Waals surface area contributed by atoms with Crippen molar-refractivity contribution in [3.05, 3.63) is 0 Å². The van der Waals surface area contributed by atoms with Crippen molar-refractivity contribution in [1.82, 2.24) is 10.3 Å². The standard InChI is InChI=1S/C12H27N3/c1-5-11(14-13)12(15(3)4)8-6-7-10(2)9-12/h10-11,14H,5-9,13H2,1-4H3. The summed E-state index contributed by atoms with van der Waals surface area (Å²) >= 11 is 0. The maximum atomic E-state index is 5.71. The smallest absolute Gasteiger partial charge is 0.0392 e. The Morgan fingerprint density at radius 1 is 1.53 bits per heavy atom. The largest absolute Gasteiger partial charge is 0.302 e. The van der Waals surface area contributed by atoms with Crippen LogP contribution < -0.4 is 11.3 Å². The minimum atomic E-state index is 0.265. The molecule has 1 aliphatic carbocycles. The van der Waals surface area contributed by atoms with Crippen LogP contribution in [0.15, 0.2) is 0 Å². The van der Waals surface area contributed by atoms with Crippen LogP contribution in [-0.2, 0) is 0 Å². The second kappa shape index (κ2) is 5.28. The van der Waals surface area contributed by atoms with Crippen LogP contribution in [0.3, 0.4) is 0 Å². The Balaban J connectivity index is 2.85. The van der Waals surface area contributed by atoms with Gasteiger partial charge in [-0.2, -0.15) is 0 Å². The molecule has 1 aliphatic rings. The maximum absolute atomic E-state index is 5.71. The second-order valence-corrected chi connectivity index (χ2v) is 5.33. The highest BCUT2D eigenvalue weighted by molar-refractivity contribution is 5.00. The molecule has 0 spiro atoms. The van der Waals surface area contributed by atoms with E-state index >= 15 is 0 Å². The van der Waals surface area contributed by atoms with E-state index in [1.165, 1.54) is 25.7 Å². The zero-order chi connectivity index (χ0) is 11.5. The van der Waals surface area contributed by atoms with Gasteiger partial charge in [0.1, 0.15) is 0 Å². The molecule has 3 heteroatoms. The van der Waals surface area contributed by atoms with Crippen LogP contribution in [0.25, 0.3) is 0 Å². The van der Waals surface area contributed by atoms with Crippen molar-refractivity contribution in [1.29, 1.82) is 0 Å². The van der Waals surface area contributed by atoms with Gasteiger partial charge in [0.15, 0.2) is 0 Å². The minimum absolute atomic E-state index is 0.265. The first kappa shape index (κ1) is 12.9. The first-order valence-corrected chi connectivity index (χ1v) is 6.20. The molecule has 1 saturated carbocycles. The molecule has 1 rings (SSSR count). The SMILES string of the molecule is CCC(NN)C1(N(C)C)CCCC(C)C1. The van der Waals surface area contributed by atoms with Gasteiger partial charge in [0.05, 0.1) is 0 Å². The summed E-state index contributed by atoms with van der Waals surface area (Å²) in [6.07, 6.45) is 6.34. The third-order valence-corrected chi connectivity index (χ3v) is 4.16. The molecule has 0 aromatic rings. The van der Waals surface area contributed by atoms with Crippen molar-refractivity contribution in [2.24, 2.45) is 11.8 Å². The lowest BCUT2D eigenvalue weighted by Gasteiger charge is -2.49. The van der Waals surface area contributed by atoms with Gasteiger partial charge in [-0.3, -0.25) is 11.3 Å².